The molecule has 1 rings (SSSR count). The van der Waals surface area contributed by atoms with Gasteiger partial charge >= 0.3 is 0 Å². The van der Waals surface area contributed by atoms with Crippen LogP contribution in [0.5, 0.6) is 0 Å². The van der Waals surface area contributed by atoms with Crippen LogP contribution in [0.3, 0.4) is 0 Å². The summed E-state index contributed by atoms with van der Waals surface area (Å²) in [6, 6.07) is 0. The zero-order valence-electron chi connectivity index (χ0n) is 9.12. The van der Waals surface area contributed by atoms with Gasteiger partial charge in [-0.1, -0.05) is 19.1 Å². The van der Waals surface area contributed by atoms with Gasteiger partial charge in [0.05, 0.1) is 17.7 Å². The molecule has 1 heterocycles. The third kappa shape index (κ3) is 2.77. The third-order valence-corrected chi connectivity index (χ3v) is 4.01. The van der Waals surface area contributed by atoms with Crippen molar-refractivity contribution in [2.45, 2.75) is 11.8 Å². The lowest BCUT2D eigenvalue weighted by Gasteiger charge is -2.18. The average Bonchev–Trinajstić information content (AvgIpc) is 2.61. The molecule has 16 heavy (non-hydrogen) atoms. The number of hydrogen-bond donors (Lipinski definition) is 1. The van der Waals surface area contributed by atoms with Crippen LogP contribution in [0.1, 0.15) is 6.92 Å². The molecule has 0 spiro atoms. The second-order valence-electron chi connectivity index (χ2n) is 3.25. The highest BCUT2D eigenvalue weighted by atomic mass is 32.2. The second-order valence-corrected chi connectivity index (χ2v) is 5.71. The van der Waals surface area contributed by atoms with E-state index in [9.17, 15) is 8.42 Å². The molecule has 0 aliphatic heterocycles. The highest BCUT2D eigenvalue weighted by molar-refractivity contribution is 7.89. The van der Waals surface area contributed by atoms with Crippen LogP contribution in [0, 0.1) is 0 Å². The molecule has 0 aliphatic carbocycles. The Bertz CT molecular complexity index is 480. The van der Waals surface area contributed by atoms with Gasteiger partial charge in [0.15, 0.2) is 0 Å². The highest BCUT2D eigenvalue weighted by Crippen LogP contribution is 2.13. The monoisotopic (exact) mass is 262 g/mol. The molecule has 0 aromatic carbocycles. The van der Waals surface area contributed by atoms with E-state index in [0.717, 1.165) is 0 Å². The zero-order chi connectivity index (χ0) is 12.3. The van der Waals surface area contributed by atoms with Crippen molar-refractivity contribution in [3.63, 3.8) is 0 Å². The van der Waals surface area contributed by atoms with E-state index in [-0.39, 0.29) is 16.4 Å². The first-order valence-corrected chi connectivity index (χ1v) is 6.50. The molecular weight excluding hydrogens is 248 g/mol. The van der Waals surface area contributed by atoms with Crippen molar-refractivity contribution in [2.75, 3.05) is 13.1 Å². The van der Waals surface area contributed by atoms with Gasteiger partial charge in [0, 0.05) is 19.8 Å². The van der Waals surface area contributed by atoms with Gasteiger partial charge in [0.1, 0.15) is 4.90 Å². The lowest BCUT2D eigenvalue weighted by atomic mass is 10.6. The number of sulfonamides is 1. The number of nitrogens with zero attached hydrogens (tertiary/aromatic N) is 3. The summed E-state index contributed by atoms with van der Waals surface area (Å²) in [4.78, 5) is 0.294. The lowest BCUT2D eigenvalue weighted by Crippen LogP contribution is -2.37. The fraction of sp³-hybridized carbons (Fsp3) is 0.500. The van der Waals surface area contributed by atoms with Crippen molar-refractivity contribution in [1.82, 2.24) is 14.1 Å². The Balaban J connectivity index is 3.04. The molecule has 90 valence electrons. The molecule has 2 N–H and O–H groups in total. The predicted octanol–water partition coefficient (Wildman–Crippen LogP) is -0.283. The molecule has 1 aromatic heterocycles. The molecule has 0 unspecified atom stereocenters. The van der Waals surface area contributed by atoms with Crippen LogP contribution >= 0.6 is 12.2 Å². The Morgan fingerprint density at radius 2 is 2.31 bits per heavy atom. The molecule has 8 heteroatoms. The predicted molar refractivity (Wildman–Crippen MR) is 64.4 cm³/mol. The quantitative estimate of drug-likeness (QED) is 0.738. The lowest BCUT2D eigenvalue weighted by molar-refractivity contribution is 0.468. The van der Waals surface area contributed by atoms with Gasteiger partial charge in [-0.2, -0.15) is 9.40 Å². The van der Waals surface area contributed by atoms with Gasteiger partial charge in [-0.25, -0.2) is 8.42 Å². The summed E-state index contributed by atoms with van der Waals surface area (Å²) in [6.45, 7) is 2.09. The Morgan fingerprint density at radius 1 is 1.69 bits per heavy atom. The number of aryl methyl sites for hydroxylation is 1. The molecule has 0 amide bonds. The Hall–Kier alpha value is -0.990. The standard InChI is InChI=1S/C8H14N4O2S2/c1-3-12(6-8(9)15)16(13,14)7-4-10-11(2)5-7/h4-5H,3,6H2,1-2H3,(H2,9,15). The van der Waals surface area contributed by atoms with E-state index in [4.69, 9.17) is 18.0 Å². The normalized spacial score (nSPS) is 11.9. The van der Waals surface area contributed by atoms with Crippen molar-refractivity contribution in [1.29, 1.82) is 0 Å². The molecule has 0 saturated carbocycles. The minimum absolute atomic E-state index is 0.0447. The smallest absolute Gasteiger partial charge is 0.246 e. The maximum atomic E-state index is 12.1. The molecule has 6 nitrogen and oxygen atoms in total. The minimum atomic E-state index is -3.54. The fourth-order valence-corrected chi connectivity index (χ4v) is 2.87. The van der Waals surface area contributed by atoms with E-state index in [0.29, 0.717) is 6.54 Å². The molecule has 0 fully saturated rings. The van der Waals surface area contributed by atoms with Gasteiger partial charge < -0.3 is 5.73 Å². The second kappa shape index (κ2) is 4.89. The van der Waals surface area contributed by atoms with E-state index in [1.54, 1.807) is 14.0 Å². The Kier molecular flexibility index (Phi) is 4.00. The van der Waals surface area contributed by atoms with Crippen molar-refractivity contribution in [3.8, 4) is 0 Å². The topological polar surface area (TPSA) is 81.2 Å². The molecular formula is C8H14N4O2S2. The molecule has 0 saturated heterocycles. The van der Waals surface area contributed by atoms with Gasteiger partial charge in [0.2, 0.25) is 10.0 Å². The number of likely N-dealkylation sites (N-methyl/N-ethyl adjacent to an activating group) is 1. The van der Waals surface area contributed by atoms with Crippen LogP contribution in [0.4, 0.5) is 0 Å². The minimum Gasteiger partial charge on any atom is -0.392 e. The SMILES string of the molecule is CCN(CC(N)=S)S(=O)(=O)c1cnn(C)c1. The maximum absolute atomic E-state index is 12.1. The van der Waals surface area contributed by atoms with E-state index < -0.39 is 10.0 Å². The van der Waals surface area contributed by atoms with Gasteiger partial charge in [0.25, 0.3) is 0 Å². The highest BCUT2D eigenvalue weighted by Gasteiger charge is 2.24. The van der Waals surface area contributed by atoms with Crippen molar-refractivity contribution in [3.05, 3.63) is 12.4 Å². The summed E-state index contributed by atoms with van der Waals surface area (Å²) < 4.78 is 26.8. The summed E-state index contributed by atoms with van der Waals surface area (Å²) in [7, 11) is -1.89. The van der Waals surface area contributed by atoms with Crippen LogP contribution < -0.4 is 5.73 Å². The number of nitrogens with two attached hydrogens (primary N) is 1. The van der Waals surface area contributed by atoms with Crippen LogP contribution in [-0.4, -0.2) is 40.6 Å². The van der Waals surface area contributed by atoms with Crippen LogP contribution in [0.15, 0.2) is 17.3 Å². The maximum Gasteiger partial charge on any atom is 0.246 e. The van der Waals surface area contributed by atoms with Crippen molar-refractivity contribution >= 4 is 27.2 Å². The summed E-state index contributed by atoms with van der Waals surface area (Å²) in [5, 5.41) is 3.83. The first-order valence-electron chi connectivity index (χ1n) is 4.65. The molecule has 1 aromatic rings. The van der Waals surface area contributed by atoms with Crippen LogP contribution in [0.2, 0.25) is 0 Å². The molecule has 0 aliphatic rings. The van der Waals surface area contributed by atoms with Gasteiger partial charge in [-0.3, -0.25) is 4.68 Å². The van der Waals surface area contributed by atoms with Crippen LogP contribution in [-0.2, 0) is 17.1 Å². The zero-order valence-corrected chi connectivity index (χ0v) is 10.8. The first-order chi connectivity index (χ1) is 7.37. The summed E-state index contributed by atoms with van der Waals surface area (Å²) >= 11 is 4.71. The van der Waals surface area contributed by atoms with Crippen molar-refractivity contribution < 1.29 is 8.42 Å². The Morgan fingerprint density at radius 3 is 2.69 bits per heavy atom. The van der Waals surface area contributed by atoms with E-state index >= 15 is 0 Å². The van der Waals surface area contributed by atoms with Crippen LogP contribution in [0.25, 0.3) is 0 Å². The summed E-state index contributed by atoms with van der Waals surface area (Å²) in [6.07, 6.45) is 2.75. The largest absolute Gasteiger partial charge is 0.392 e. The van der Waals surface area contributed by atoms with E-state index in [1.807, 2.05) is 0 Å². The number of hydrogen-bond acceptors (Lipinski definition) is 4. The molecule has 0 atom stereocenters. The Labute approximate surface area is 100 Å². The average molecular weight is 262 g/mol. The number of rotatable bonds is 5. The van der Waals surface area contributed by atoms with Crippen molar-refractivity contribution in [2.24, 2.45) is 12.8 Å². The number of aromatic nitrogens is 2. The van der Waals surface area contributed by atoms with E-state index in [2.05, 4.69) is 5.10 Å². The fourth-order valence-electron chi connectivity index (χ4n) is 1.22. The first kappa shape index (κ1) is 13.1. The summed E-state index contributed by atoms with van der Waals surface area (Å²) in [5.74, 6) is 0. The van der Waals surface area contributed by atoms with Gasteiger partial charge in [-0.15, -0.1) is 0 Å². The van der Waals surface area contributed by atoms with Gasteiger partial charge in [-0.05, 0) is 0 Å². The third-order valence-electron chi connectivity index (χ3n) is 2.00. The summed E-state index contributed by atoms with van der Waals surface area (Å²) in [5.41, 5.74) is 5.35. The molecule has 0 radical (unpaired) electrons. The molecule has 0 bridgehead atoms. The van der Waals surface area contributed by atoms with E-state index in [1.165, 1.54) is 21.4 Å². The number of thiocarbonyl (C=S) groups is 1.